The van der Waals surface area contributed by atoms with Crippen molar-refractivity contribution in [1.82, 2.24) is 4.57 Å². The lowest BCUT2D eigenvalue weighted by Gasteiger charge is -2.07. The molecule has 0 aliphatic heterocycles. The van der Waals surface area contributed by atoms with E-state index in [0.717, 1.165) is 17.5 Å². The predicted molar refractivity (Wildman–Crippen MR) is 115 cm³/mol. The summed E-state index contributed by atoms with van der Waals surface area (Å²) in [5, 5.41) is 0. The molecule has 0 bridgehead atoms. The second-order valence-corrected chi connectivity index (χ2v) is 7.51. The molecule has 0 spiro atoms. The van der Waals surface area contributed by atoms with Crippen LogP contribution in [-0.2, 0) is 16.1 Å². The van der Waals surface area contributed by atoms with Gasteiger partial charge >= 0.3 is 5.97 Å². The van der Waals surface area contributed by atoms with Gasteiger partial charge in [0, 0.05) is 5.56 Å². The summed E-state index contributed by atoms with van der Waals surface area (Å²) in [6, 6.07) is 12.5. The zero-order valence-corrected chi connectivity index (χ0v) is 18.0. The summed E-state index contributed by atoms with van der Waals surface area (Å²) in [5.74, 6) is 0.360. The lowest BCUT2D eigenvalue weighted by Crippen LogP contribution is -2.22. The van der Waals surface area contributed by atoms with E-state index in [0.29, 0.717) is 34.0 Å². The first-order valence-corrected chi connectivity index (χ1v) is 10.4. The largest absolute Gasteiger partial charge is 0.495 e. The summed E-state index contributed by atoms with van der Waals surface area (Å²) in [6.45, 7) is 2.61. The number of hydrogen-bond acceptors (Lipinski definition) is 6. The maximum atomic E-state index is 12.9. The molecular formula is C22H24N2O5S. The van der Waals surface area contributed by atoms with Crippen molar-refractivity contribution in [1.29, 1.82) is 0 Å². The molecule has 3 rings (SSSR count). The third-order valence-corrected chi connectivity index (χ3v) is 5.49. The summed E-state index contributed by atoms with van der Waals surface area (Å²) >= 11 is 1.31. The number of thiazole rings is 1. The number of rotatable bonds is 8. The van der Waals surface area contributed by atoms with E-state index in [1.807, 2.05) is 18.2 Å². The maximum absolute atomic E-state index is 12.9. The molecule has 0 saturated carbocycles. The Balaban J connectivity index is 2.03. The van der Waals surface area contributed by atoms with E-state index >= 15 is 0 Å². The van der Waals surface area contributed by atoms with Crippen molar-refractivity contribution in [3.63, 3.8) is 0 Å². The highest BCUT2D eigenvalue weighted by Gasteiger charge is 2.16. The lowest BCUT2D eigenvalue weighted by molar-refractivity contribution is -0.141. The minimum absolute atomic E-state index is 0.0802. The van der Waals surface area contributed by atoms with Crippen LogP contribution in [0.1, 0.15) is 30.1 Å². The van der Waals surface area contributed by atoms with E-state index in [2.05, 4.69) is 11.9 Å². The third-order valence-electron chi connectivity index (χ3n) is 4.44. The Morgan fingerprint density at radius 3 is 2.67 bits per heavy atom. The number of ether oxygens (including phenoxy) is 3. The zero-order valence-electron chi connectivity index (χ0n) is 17.2. The molecule has 0 saturated heterocycles. The minimum atomic E-state index is -0.444. The quantitative estimate of drug-likeness (QED) is 0.403. The molecule has 3 aromatic rings. The van der Waals surface area contributed by atoms with Crippen molar-refractivity contribution in [3.05, 3.63) is 52.8 Å². The zero-order chi connectivity index (χ0) is 21.5. The molecule has 0 aliphatic rings. The Labute approximate surface area is 178 Å². The SMILES string of the molecule is CCCCOc1cccc(C(=O)N=c2sc3cccc(OC)c3n2CC(=O)OC)c1. The fraction of sp³-hybridized carbons (Fsp3) is 0.318. The number of aromatic nitrogens is 1. The van der Waals surface area contributed by atoms with Gasteiger partial charge in [0.1, 0.15) is 23.6 Å². The van der Waals surface area contributed by atoms with Crippen LogP contribution in [0.15, 0.2) is 47.5 Å². The fourth-order valence-corrected chi connectivity index (χ4v) is 3.94. The van der Waals surface area contributed by atoms with Crippen molar-refractivity contribution in [3.8, 4) is 11.5 Å². The van der Waals surface area contributed by atoms with Crippen LogP contribution >= 0.6 is 11.3 Å². The van der Waals surface area contributed by atoms with Gasteiger partial charge in [0.15, 0.2) is 4.80 Å². The summed E-state index contributed by atoms with van der Waals surface area (Å²) in [5.41, 5.74) is 1.11. The molecule has 0 unspecified atom stereocenters. The van der Waals surface area contributed by atoms with E-state index in [1.54, 1.807) is 35.9 Å². The topological polar surface area (TPSA) is 79.1 Å². The maximum Gasteiger partial charge on any atom is 0.325 e. The number of fused-ring (bicyclic) bond motifs is 1. The average molecular weight is 429 g/mol. The van der Waals surface area contributed by atoms with Crippen molar-refractivity contribution >= 4 is 33.4 Å². The number of carbonyl (C=O) groups is 2. The number of amides is 1. The smallest absolute Gasteiger partial charge is 0.325 e. The van der Waals surface area contributed by atoms with Crippen LogP contribution in [-0.4, -0.2) is 37.3 Å². The summed E-state index contributed by atoms with van der Waals surface area (Å²) in [4.78, 5) is 29.5. The monoisotopic (exact) mass is 428 g/mol. The molecule has 0 fully saturated rings. The fourth-order valence-electron chi connectivity index (χ4n) is 2.89. The number of methoxy groups -OCH3 is 2. The molecule has 0 atom stereocenters. The normalized spacial score (nSPS) is 11.5. The first-order valence-electron chi connectivity index (χ1n) is 9.62. The predicted octanol–water partition coefficient (Wildman–Crippen LogP) is 3.80. The van der Waals surface area contributed by atoms with Gasteiger partial charge < -0.3 is 18.8 Å². The van der Waals surface area contributed by atoms with Gasteiger partial charge in [0.05, 0.1) is 25.5 Å². The van der Waals surface area contributed by atoms with Gasteiger partial charge in [-0.3, -0.25) is 9.59 Å². The lowest BCUT2D eigenvalue weighted by atomic mass is 10.2. The molecule has 7 nitrogen and oxygen atoms in total. The Morgan fingerprint density at radius 2 is 1.93 bits per heavy atom. The highest BCUT2D eigenvalue weighted by Crippen LogP contribution is 2.27. The van der Waals surface area contributed by atoms with E-state index in [9.17, 15) is 9.59 Å². The molecule has 1 amide bonds. The Kier molecular flexibility index (Phi) is 7.24. The highest BCUT2D eigenvalue weighted by atomic mass is 32.1. The first kappa shape index (κ1) is 21.6. The van der Waals surface area contributed by atoms with Gasteiger partial charge in [-0.15, -0.1) is 0 Å². The number of esters is 1. The summed E-state index contributed by atoms with van der Waals surface area (Å²) in [6.07, 6.45) is 1.98. The van der Waals surface area contributed by atoms with Crippen molar-refractivity contribution in [2.45, 2.75) is 26.3 Å². The molecule has 30 heavy (non-hydrogen) atoms. The number of para-hydroxylation sites is 1. The van der Waals surface area contributed by atoms with Crippen LogP contribution in [0.5, 0.6) is 11.5 Å². The Hall–Kier alpha value is -3.13. The molecular weight excluding hydrogens is 404 g/mol. The Bertz CT molecular complexity index is 1120. The third kappa shape index (κ3) is 4.88. The van der Waals surface area contributed by atoms with Gasteiger partial charge in [-0.05, 0) is 36.8 Å². The van der Waals surface area contributed by atoms with E-state index in [4.69, 9.17) is 14.2 Å². The number of unbranched alkanes of at least 4 members (excludes halogenated alkanes) is 1. The molecule has 0 aliphatic carbocycles. The number of nitrogens with zero attached hydrogens (tertiary/aromatic N) is 2. The molecule has 1 aromatic heterocycles. The van der Waals surface area contributed by atoms with Crippen molar-refractivity contribution in [2.75, 3.05) is 20.8 Å². The van der Waals surface area contributed by atoms with Crippen LogP contribution in [0.3, 0.4) is 0 Å². The second kappa shape index (κ2) is 10.1. The molecule has 1 heterocycles. The van der Waals surface area contributed by atoms with Gasteiger partial charge in [0.25, 0.3) is 5.91 Å². The van der Waals surface area contributed by atoms with Crippen LogP contribution < -0.4 is 14.3 Å². The highest BCUT2D eigenvalue weighted by molar-refractivity contribution is 7.16. The van der Waals surface area contributed by atoms with Crippen LogP contribution in [0.4, 0.5) is 0 Å². The van der Waals surface area contributed by atoms with Crippen LogP contribution in [0.25, 0.3) is 10.2 Å². The van der Waals surface area contributed by atoms with E-state index in [1.165, 1.54) is 18.4 Å². The standard InChI is InChI=1S/C22H24N2O5S/c1-4-5-12-29-16-9-6-8-15(13-16)21(26)23-22-24(14-19(25)28-3)20-17(27-2)10-7-11-18(20)30-22/h6-11,13H,4-5,12,14H2,1-3H3. The number of hydrogen-bond donors (Lipinski definition) is 0. The van der Waals surface area contributed by atoms with Gasteiger partial charge in [-0.1, -0.05) is 36.8 Å². The summed E-state index contributed by atoms with van der Waals surface area (Å²) < 4.78 is 18.4. The number of carbonyl (C=O) groups excluding carboxylic acids is 2. The van der Waals surface area contributed by atoms with E-state index in [-0.39, 0.29) is 6.54 Å². The van der Waals surface area contributed by atoms with Gasteiger partial charge in [-0.25, -0.2) is 0 Å². The summed E-state index contributed by atoms with van der Waals surface area (Å²) in [7, 11) is 2.88. The second-order valence-electron chi connectivity index (χ2n) is 6.50. The molecule has 8 heteroatoms. The number of benzene rings is 2. The van der Waals surface area contributed by atoms with Crippen LogP contribution in [0.2, 0.25) is 0 Å². The molecule has 158 valence electrons. The molecule has 0 N–H and O–H groups in total. The average Bonchev–Trinajstić information content (AvgIpc) is 3.11. The first-order chi connectivity index (χ1) is 14.6. The van der Waals surface area contributed by atoms with Crippen LogP contribution in [0, 0.1) is 0 Å². The van der Waals surface area contributed by atoms with Gasteiger partial charge in [0.2, 0.25) is 0 Å². The molecule has 0 radical (unpaired) electrons. The Morgan fingerprint density at radius 1 is 1.13 bits per heavy atom. The molecule has 2 aromatic carbocycles. The van der Waals surface area contributed by atoms with Crippen molar-refractivity contribution in [2.24, 2.45) is 4.99 Å². The van der Waals surface area contributed by atoms with Gasteiger partial charge in [-0.2, -0.15) is 4.99 Å². The van der Waals surface area contributed by atoms with E-state index < -0.39 is 11.9 Å². The van der Waals surface area contributed by atoms with Crippen molar-refractivity contribution < 1.29 is 23.8 Å². The minimum Gasteiger partial charge on any atom is -0.495 e.